The zero-order valence-corrected chi connectivity index (χ0v) is 13.2. The zero-order chi connectivity index (χ0) is 16.4. The van der Waals surface area contributed by atoms with E-state index in [2.05, 4.69) is 5.32 Å². The fourth-order valence-electron chi connectivity index (χ4n) is 2.22. The molecular formula is C14H14Cl2N2O4. The maximum absolute atomic E-state index is 12.1. The number of carboxylic acids is 1. The van der Waals surface area contributed by atoms with Gasteiger partial charge in [0, 0.05) is 28.7 Å². The summed E-state index contributed by atoms with van der Waals surface area (Å²) in [5.41, 5.74) is 0.518. The van der Waals surface area contributed by atoms with Crippen LogP contribution in [0.25, 0.3) is 0 Å². The Morgan fingerprint density at radius 3 is 2.45 bits per heavy atom. The smallest absolute Gasteiger partial charge is 0.325 e. The second-order valence-electron chi connectivity index (χ2n) is 5.10. The Labute approximate surface area is 137 Å². The molecule has 2 amide bonds. The molecule has 2 rings (SSSR count). The number of anilines is 1. The van der Waals surface area contributed by atoms with Crippen LogP contribution >= 0.6 is 23.2 Å². The van der Waals surface area contributed by atoms with Crippen LogP contribution in [0.4, 0.5) is 5.69 Å². The monoisotopic (exact) mass is 344 g/mol. The summed E-state index contributed by atoms with van der Waals surface area (Å²) in [5.74, 6) is -2.43. The van der Waals surface area contributed by atoms with Crippen LogP contribution in [-0.2, 0) is 14.4 Å². The van der Waals surface area contributed by atoms with Crippen LogP contribution in [-0.4, -0.2) is 35.5 Å². The molecule has 0 spiro atoms. The Morgan fingerprint density at radius 1 is 1.32 bits per heavy atom. The standard InChI is InChI=1S/C14H14Cl2N2O4/c1-7(14(21)22)17-13(20)8-2-12(19)18(6-8)11-4-9(15)3-10(16)5-11/h3-5,7-8H,2,6H2,1H3,(H,17,20)(H,21,22)/t7-,8?/m0/s1. The molecule has 0 bridgehead atoms. The van der Waals surface area contributed by atoms with Crippen LogP contribution < -0.4 is 10.2 Å². The Morgan fingerprint density at radius 2 is 1.91 bits per heavy atom. The van der Waals surface area contributed by atoms with E-state index in [4.69, 9.17) is 28.3 Å². The van der Waals surface area contributed by atoms with Crippen molar-refractivity contribution in [1.29, 1.82) is 0 Å². The highest BCUT2D eigenvalue weighted by Crippen LogP contribution is 2.30. The molecule has 2 atom stereocenters. The summed E-state index contributed by atoms with van der Waals surface area (Å²) in [6.07, 6.45) is 0.0162. The first-order chi connectivity index (χ1) is 10.3. The van der Waals surface area contributed by atoms with Gasteiger partial charge in [0.2, 0.25) is 11.8 Å². The molecule has 6 nitrogen and oxygen atoms in total. The molecular weight excluding hydrogens is 331 g/mol. The molecule has 0 aliphatic carbocycles. The Balaban J connectivity index is 2.10. The van der Waals surface area contributed by atoms with Gasteiger partial charge in [-0.25, -0.2) is 0 Å². The van der Waals surface area contributed by atoms with E-state index in [9.17, 15) is 14.4 Å². The third-order valence-corrected chi connectivity index (χ3v) is 3.82. The second kappa shape index (κ2) is 6.54. The highest BCUT2D eigenvalue weighted by molar-refractivity contribution is 6.35. The van der Waals surface area contributed by atoms with Crippen molar-refractivity contribution in [3.8, 4) is 0 Å². The largest absolute Gasteiger partial charge is 0.480 e. The molecule has 1 aromatic carbocycles. The van der Waals surface area contributed by atoms with E-state index in [-0.39, 0.29) is 18.9 Å². The molecule has 1 saturated heterocycles. The Kier molecular flexibility index (Phi) is 4.93. The molecule has 22 heavy (non-hydrogen) atoms. The lowest BCUT2D eigenvalue weighted by Gasteiger charge is -2.18. The van der Waals surface area contributed by atoms with Crippen LogP contribution in [0, 0.1) is 5.92 Å². The first-order valence-corrected chi connectivity index (χ1v) is 7.33. The number of aliphatic carboxylic acids is 1. The third-order valence-electron chi connectivity index (χ3n) is 3.38. The summed E-state index contributed by atoms with van der Waals surface area (Å²) in [7, 11) is 0. The number of nitrogens with one attached hydrogen (secondary N) is 1. The topological polar surface area (TPSA) is 86.7 Å². The van der Waals surface area contributed by atoms with Gasteiger partial charge < -0.3 is 15.3 Å². The molecule has 1 aliphatic heterocycles. The molecule has 1 fully saturated rings. The SMILES string of the molecule is C[C@H](NC(=O)C1CC(=O)N(c2cc(Cl)cc(Cl)c2)C1)C(=O)O. The number of hydrogen-bond acceptors (Lipinski definition) is 3. The number of benzene rings is 1. The van der Waals surface area contributed by atoms with Gasteiger partial charge in [0.15, 0.2) is 0 Å². The van der Waals surface area contributed by atoms with E-state index in [1.165, 1.54) is 11.8 Å². The first kappa shape index (κ1) is 16.6. The third kappa shape index (κ3) is 3.69. The fourth-order valence-corrected chi connectivity index (χ4v) is 2.74. The molecule has 0 aromatic heterocycles. The summed E-state index contributed by atoms with van der Waals surface area (Å²) < 4.78 is 0. The predicted octanol–water partition coefficient (Wildman–Crippen LogP) is 1.94. The van der Waals surface area contributed by atoms with Crippen molar-refractivity contribution in [1.82, 2.24) is 5.32 Å². The zero-order valence-electron chi connectivity index (χ0n) is 11.7. The van der Waals surface area contributed by atoms with E-state index >= 15 is 0 Å². The van der Waals surface area contributed by atoms with Crippen molar-refractivity contribution in [2.45, 2.75) is 19.4 Å². The predicted molar refractivity (Wildman–Crippen MR) is 82.2 cm³/mol. The number of carbonyl (C=O) groups excluding carboxylic acids is 2. The van der Waals surface area contributed by atoms with Crippen LogP contribution in [0.15, 0.2) is 18.2 Å². The van der Waals surface area contributed by atoms with E-state index in [0.717, 1.165) is 0 Å². The number of nitrogens with zero attached hydrogens (tertiary/aromatic N) is 1. The minimum absolute atomic E-state index is 0.0162. The van der Waals surface area contributed by atoms with Crippen molar-refractivity contribution in [2.24, 2.45) is 5.92 Å². The van der Waals surface area contributed by atoms with Crippen LogP contribution in [0.3, 0.4) is 0 Å². The van der Waals surface area contributed by atoms with Gasteiger partial charge in [-0.15, -0.1) is 0 Å². The highest BCUT2D eigenvalue weighted by atomic mass is 35.5. The summed E-state index contributed by atoms with van der Waals surface area (Å²) >= 11 is 11.8. The number of carbonyl (C=O) groups is 3. The van der Waals surface area contributed by atoms with Gasteiger partial charge in [0.05, 0.1) is 5.92 Å². The summed E-state index contributed by atoms with van der Waals surface area (Å²) in [5, 5.41) is 11.9. The minimum atomic E-state index is -1.13. The normalized spacial score (nSPS) is 19.1. The number of rotatable bonds is 4. The lowest BCUT2D eigenvalue weighted by atomic mass is 10.1. The molecule has 0 saturated carbocycles. The maximum Gasteiger partial charge on any atom is 0.325 e. The van der Waals surface area contributed by atoms with Crippen molar-refractivity contribution < 1.29 is 19.5 Å². The van der Waals surface area contributed by atoms with Gasteiger partial charge in [-0.05, 0) is 25.1 Å². The van der Waals surface area contributed by atoms with Crippen LogP contribution in [0.2, 0.25) is 10.0 Å². The second-order valence-corrected chi connectivity index (χ2v) is 5.97. The van der Waals surface area contributed by atoms with Gasteiger partial charge in [0.25, 0.3) is 0 Å². The first-order valence-electron chi connectivity index (χ1n) is 6.57. The number of hydrogen-bond donors (Lipinski definition) is 2. The van der Waals surface area contributed by atoms with Crippen molar-refractivity contribution in [3.05, 3.63) is 28.2 Å². The van der Waals surface area contributed by atoms with E-state index in [0.29, 0.717) is 15.7 Å². The van der Waals surface area contributed by atoms with Gasteiger partial charge in [-0.1, -0.05) is 23.2 Å². The van der Waals surface area contributed by atoms with Gasteiger partial charge >= 0.3 is 5.97 Å². The quantitative estimate of drug-likeness (QED) is 0.873. The average molecular weight is 345 g/mol. The van der Waals surface area contributed by atoms with Crippen molar-refractivity contribution in [3.63, 3.8) is 0 Å². The molecule has 1 heterocycles. The van der Waals surface area contributed by atoms with Crippen LogP contribution in [0.1, 0.15) is 13.3 Å². The summed E-state index contributed by atoms with van der Waals surface area (Å²) in [6.45, 7) is 1.53. The van der Waals surface area contributed by atoms with Crippen molar-refractivity contribution in [2.75, 3.05) is 11.4 Å². The maximum atomic E-state index is 12.1. The molecule has 1 aliphatic rings. The lowest BCUT2D eigenvalue weighted by Crippen LogP contribution is -2.42. The number of amides is 2. The molecule has 8 heteroatoms. The van der Waals surface area contributed by atoms with Gasteiger partial charge in [-0.3, -0.25) is 14.4 Å². The van der Waals surface area contributed by atoms with E-state index < -0.39 is 23.8 Å². The van der Waals surface area contributed by atoms with E-state index in [1.54, 1.807) is 18.2 Å². The average Bonchev–Trinajstić information content (AvgIpc) is 2.79. The number of carboxylic acid groups (broad SMARTS) is 1. The van der Waals surface area contributed by atoms with E-state index in [1.807, 2.05) is 0 Å². The highest BCUT2D eigenvalue weighted by Gasteiger charge is 2.36. The fraction of sp³-hybridized carbons (Fsp3) is 0.357. The molecule has 1 aromatic rings. The Bertz CT molecular complexity index is 615. The minimum Gasteiger partial charge on any atom is -0.480 e. The number of halogens is 2. The molecule has 1 unspecified atom stereocenters. The molecule has 118 valence electrons. The Hall–Kier alpha value is -1.79. The lowest BCUT2D eigenvalue weighted by molar-refractivity contribution is -0.141. The van der Waals surface area contributed by atoms with Gasteiger partial charge in [0.1, 0.15) is 6.04 Å². The van der Waals surface area contributed by atoms with Crippen molar-refractivity contribution >= 4 is 46.7 Å². The summed E-state index contributed by atoms with van der Waals surface area (Å²) in [6, 6.07) is 3.72. The summed E-state index contributed by atoms with van der Waals surface area (Å²) in [4.78, 5) is 36.3. The molecule has 0 radical (unpaired) electrons. The molecule has 2 N–H and O–H groups in total. The van der Waals surface area contributed by atoms with Crippen LogP contribution in [0.5, 0.6) is 0 Å². The van der Waals surface area contributed by atoms with Gasteiger partial charge in [-0.2, -0.15) is 0 Å².